The van der Waals surface area contributed by atoms with Crippen LogP contribution in [-0.4, -0.2) is 11.0 Å². The molecule has 0 aliphatic heterocycles. The maximum Gasteiger partial charge on any atom is 0.295 e. The second kappa shape index (κ2) is 3.73. The number of rotatable bonds is 3. The highest BCUT2D eigenvalue weighted by molar-refractivity contribution is 5.64. The van der Waals surface area contributed by atoms with Gasteiger partial charge in [-0.1, -0.05) is 6.92 Å². The number of nitrogens with zero attached hydrogens (tertiary/aromatic N) is 1. The number of benzene rings is 1. The van der Waals surface area contributed by atoms with Gasteiger partial charge in [0.2, 0.25) is 0 Å². The second-order valence-corrected chi connectivity index (χ2v) is 4.34. The third kappa shape index (κ3) is 1.98. The van der Waals surface area contributed by atoms with Gasteiger partial charge in [0.15, 0.2) is 0 Å². The van der Waals surface area contributed by atoms with Gasteiger partial charge in [0.1, 0.15) is 11.5 Å². The second-order valence-electron chi connectivity index (χ2n) is 4.34. The largest absolute Gasteiger partial charge is 0.376 e. The first-order valence-corrected chi connectivity index (χ1v) is 5.20. The van der Waals surface area contributed by atoms with Crippen LogP contribution in [0.3, 0.4) is 0 Å². The zero-order valence-electron chi connectivity index (χ0n) is 9.16. The highest BCUT2D eigenvalue weighted by atomic mass is 19.1. The van der Waals surface area contributed by atoms with Crippen LogP contribution in [0.15, 0.2) is 12.1 Å². The van der Waals surface area contributed by atoms with Crippen molar-refractivity contribution in [2.75, 3.05) is 5.32 Å². The Morgan fingerprint density at radius 3 is 2.69 bits per heavy atom. The lowest BCUT2D eigenvalue weighted by Gasteiger charge is -2.07. The summed E-state index contributed by atoms with van der Waals surface area (Å²) in [7, 11) is 0. The summed E-state index contributed by atoms with van der Waals surface area (Å²) in [5, 5.41) is 13.8. The predicted molar refractivity (Wildman–Crippen MR) is 59.0 cm³/mol. The van der Waals surface area contributed by atoms with Crippen LogP contribution in [-0.2, 0) is 0 Å². The smallest absolute Gasteiger partial charge is 0.295 e. The minimum Gasteiger partial charge on any atom is -0.376 e. The summed E-state index contributed by atoms with van der Waals surface area (Å²) < 4.78 is 13.2. The Morgan fingerprint density at radius 2 is 2.19 bits per heavy atom. The highest BCUT2D eigenvalue weighted by Crippen LogP contribution is 2.36. The number of anilines is 1. The zero-order valence-corrected chi connectivity index (χ0v) is 9.16. The number of halogens is 1. The van der Waals surface area contributed by atoms with Crippen LogP contribution in [0.2, 0.25) is 0 Å². The maximum atomic E-state index is 13.2. The predicted octanol–water partition coefficient (Wildman–Crippen LogP) is 2.86. The van der Waals surface area contributed by atoms with E-state index in [4.69, 9.17) is 0 Å². The van der Waals surface area contributed by atoms with Crippen molar-refractivity contribution in [2.45, 2.75) is 26.3 Å². The van der Waals surface area contributed by atoms with Gasteiger partial charge in [-0.3, -0.25) is 10.1 Å². The summed E-state index contributed by atoms with van der Waals surface area (Å²) in [6, 6.07) is 2.76. The Morgan fingerprint density at radius 1 is 1.56 bits per heavy atom. The van der Waals surface area contributed by atoms with Crippen molar-refractivity contribution >= 4 is 11.4 Å². The average molecular weight is 224 g/mol. The molecule has 0 saturated heterocycles. The van der Waals surface area contributed by atoms with E-state index in [2.05, 4.69) is 12.2 Å². The molecule has 2 atom stereocenters. The molecule has 1 aliphatic rings. The van der Waals surface area contributed by atoms with E-state index >= 15 is 0 Å². The van der Waals surface area contributed by atoms with Crippen molar-refractivity contribution in [3.8, 4) is 0 Å². The normalized spacial score (nSPS) is 22.9. The number of aryl methyl sites for hydroxylation is 1. The SMILES string of the molecule is Cc1cc(NC2CC2C)c([N+](=O)[O-])cc1F. The van der Waals surface area contributed by atoms with Crippen LogP contribution in [0.1, 0.15) is 18.9 Å². The summed E-state index contributed by atoms with van der Waals surface area (Å²) in [5.41, 5.74) is 0.641. The molecule has 1 N–H and O–H groups in total. The Kier molecular flexibility index (Phi) is 2.53. The Balaban J connectivity index is 2.33. The van der Waals surface area contributed by atoms with Crippen LogP contribution < -0.4 is 5.32 Å². The van der Waals surface area contributed by atoms with Crippen LogP contribution in [0.5, 0.6) is 0 Å². The average Bonchev–Trinajstić information content (AvgIpc) is 2.87. The van der Waals surface area contributed by atoms with Gasteiger partial charge in [0.05, 0.1) is 11.0 Å². The fourth-order valence-electron chi connectivity index (χ4n) is 1.66. The molecule has 2 unspecified atom stereocenters. The quantitative estimate of drug-likeness (QED) is 0.634. The van der Waals surface area contributed by atoms with Crippen LogP contribution in [0, 0.1) is 28.8 Å². The van der Waals surface area contributed by atoms with Crippen LogP contribution >= 0.6 is 0 Å². The maximum absolute atomic E-state index is 13.2. The van der Waals surface area contributed by atoms with Crippen LogP contribution in [0.25, 0.3) is 0 Å². The molecule has 0 spiro atoms. The monoisotopic (exact) mass is 224 g/mol. The van der Waals surface area contributed by atoms with Gasteiger partial charge in [-0.15, -0.1) is 0 Å². The third-order valence-corrected chi connectivity index (χ3v) is 2.92. The lowest BCUT2D eigenvalue weighted by molar-refractivity contribution is -0.384. The summed E-state index contributed by atoms with van der Waals surface area (Å²) in [6.07, 6.45) is 1.01. The number of hydrogen-bond acceptors (Lipinski definition) is 3. The molecular weight excluding hydrogens is 211 g/mol. The third-order valence-electron chi connectivity index (χ3n) is 2.92. The first-order valence-electron chi connectivity index (χ1n) is 5.20. The van der Waals surface area contributed by atoms with Gasteiger partial charge >= 0.3 is 0 Å². The summed E-state index contributed by atoms with van der Waals surface area (Å²) in [5.74, 6) is -0.00828. The van der Waals surface area contributed by atoms with E-state index in [1.54, 1.807) is 6.92 Å². The molecule has 1 aromatic carbocycles. The molecule has 1 aliphatic carbocycles. The van der Waals surface area contributed by atoms with Gasteiger partial charge < -0.3 is 5.32 Å². The van der Waals surface area contributed by atoms with Crippen molar-refractivity contribution in [1.29, 1.82) is 0 Å². The van der Waals surface area contributed by atoms with Gasteiger partial charge in [-0.05, 0) is 30.9 Å². The van der Waals surface area contributed by atoms with Crippen molar-refractivity contribution in [3.05, 3.63) is 33.6 Å². The molecule has 4 nitrogen and oxygen atoms in total. The Bertz CT molecular complexity index is 448. The Hall–Kier alpha value is -1.65. The summed E-state index contributed by atoms with van der Waals surface area (Å²) in [4.78, 5) is 10.2. The number of hydrogen-bond donors (Lipinski definition) is 1. The van der Waals surface area contributed by atoms with E-state index in [9.17, 15) is 14.5 Å². The number of nitro groups is 1. The molecule has 1 aromatic rings. The molecule has 0 bridgehead atoms. The molecule has 1 fully saturated rings. The molecular formula is C11H13FN2O2. The highest BCUT2D eigenvalue weighted by Gasteiger charge is 2.34. The standard InChI is InChI=1S/C11H13FN2O2/c1-6-3-10(13-9-4-7(9)2)11(14(15)16)5-8(6)12/h3,5,7,9,13H,4H2,1-2H3. The van der Waals surface area contributed by atoms with Crippen LogP contribution in [0.4, 0.5) is 15.8 Å². The topological polar surface area (TPSA) is 55.2 Å². The number of nitrogens with one attached hydrogen (secondary N) is 1. The minimum absolute atomic E-state index is 0.192. The van der Waals surface area contributed by atoms with E-state index in [1.807, 2.05) is 0 Å². The summed E-state index contributed by atoms with van der Waals surface area (Å²) in [6.45, 7) is 3.67. The first kappa shape index (κ1) is 10.9. The molecule has 0 aromatic heterocycles. The molecule has 2 rings (SSSR count). The van der Waals surface area contributed by atoms with Gasteiger partial charge in [-0.2, -0.15) is 0 Å². The van der Waals surface area contributed by atoms with E-state index in [0.29, 0.717) is 17.2 Å². The molecule has 5 heteroatoms. The van der Waals surface area contributed by atoms with Crippen molar-refractivity contribution < 1.29 is 9.31 Å². The van der Waals surface area contributed by atoms with Crippen molar-refractivity contribution in [2.24, 2.45) is 5.92 Å². The Labute approximate surface area is 92.6 Å². The van der Waals surface area contributed by atoms with E-state index in [0.717, 1.165) is 12.5 Å². The molecule has 86 valence electrons. The van der Waals surface area contributed by atoms with Crippen molar-refractivity contribution in [3.63, 3.8) is 0 Å². The fourth-order valence-corrected chi connectivity index (χ4v) is 1.66. The first-order chi connectivity index (χ1) is 7.49. The molecule has 0 radical (unpaired) electrons. The lowest BCUT2D eigenvalue weighted by Crippen LogP contribution is -2.07. The van der Waals surface area contributed by atoms with Gasteiger partial charge in [-0.25, -0.2) is 4.39 Å². The molecule has 0 heterocycles. The number of nitro benzene ring substituents is 1. The van der Waals surface area contributed by atoms with Crippen molar-refractivity contribution in [1.82, 2.24) is 0 Å². The van der Waals surface area contributed by atoms with E-state index in [1.165, 1.54) is 6.07 Å². The zero-order chi connectivity index (χ0) is 11.9. The molecule has 1 saturated carbocycles. The van der Waals surface area contributed by atoms with E-state index < -0.39 is 10.7 Å². The fraction of sp³-hybridized carbons (Fsp3) is 0.455. The molecule has 0 amide bonds. The molecule has 16 heavy (non-hydrogen) atoms. The van der Waals surface area contributed by atoms with Gasteiger partial charge in [0.25, 0.3) is 5.69 Å². The summed E-state index contributed by atoms with van der Waals surface area (Å²) >= 11 is 0. The lowest BCUT2D eigenvalue weighted by atomic mass is 10.1. The van der Waals surface area contributed by atoms with Gasteiger partial charge in [0, 0.05) is 6.04 Å². The minimum atomic E-state index is -0.558. The van der Waals surface area contributed by atoms with E-state index in [-0.39, 0.29) is 11.7 Å².